The molecule has 0 radical (unpaired) electrons. The molecule has 0 spiro atoms. The summed E-state index contributed by atoms with van der Waals surface area (Å²) < 4.78 is 0. The molecule has 1 aliphatic rings. The van der Waals surface area contributed by atoms with Gasteiger partial charge in [-0.25, -0.2) is 0 Å². The van der Waals surface area contributed by atoms with Gasteiger partial charge in [-0.3, -0.25) is 4.79 Å². The van der Waals surface area contributed by atoms with Gasteiger partial charge in [0.25, 0.3) is 0 Å². The fraction of sp³-hybridized carbons (Fsp3) is 0.917. The van der Waals surface area contributed by atoms with Gasteiger partial charge in [-0.05, 0) is 18.3 Å². The third kappa shape index (κ3) is 3.20. The van der Waals surface area contributed by atoms with E-state index >= 15 is 0 Å². The molecule has 1 saturated heterocycles. The van der Waals surface area contributed by atoms with Crippen molar-refractivity contribution >= 4 is 5.91 Å². The summed E-state index contributed by atoms with van der Waals surface area (Å²) in [5.74, 6) is 1.33. The van der Waals surface area contributed by atoms with Crippen molar-refractivity contribution in [3.63, 3.8) is 0 Å². The molecule has 0 aromatic rings. The van der Waals surface area contributed by atoms with Gasteiger partial charge in [-0.2, -0.15) is 0 Å². The van der Waals surface area contributed by atoms with Gasteiger partial charge in [-0.15, -0.1) is 0 Å². The van der Waals surface area contributed by atoms with Gasteiger partial charge in [-0.1, -0.05) is 27.7 Å². The van der Waals surface area contributed by atoms with Crippen LogP contribution in [0.2, 0.25) is 0 Å². The second-order valence-corrected chi connectivity index (χ2v) is 5.38. The second kappa shape index (κ2) is 4.97. The lowest BCUT2D eigenvalue weighted by Crippen LogP contribution is -2.50. The number of rotatable bonds is 2. The molecule has 0 saturated carbocycles. The molecule has 2 N–H and O–H groups in total. The molecule has 3 atom stereocenters. The van der Waals surface area contributed by atoms with E-state index in [2.05, 4.69) is 20.8 Å². The van der Waals surface area contributed by atoms with E-state index in [0.29, 0.717) is 11.8 Å². The Labute approximate surface area is 93.0 Å². The van der Waals surface area contributed by atoms with Crippen LogP contribution in [-0.4, -0.2) is 29.9 Å². The standard InChI is InChI=1S/C12H24N2O/c1-8(2)10(4)12(15)14-6-9(3)5-11(13)7-14/h8-11H,5-7,13H2,1-4H3. The first-order chi connectivity index (χ1) is 6.91. The number of nitrogens with two attached hydrogens (primary N) is 1. The average molecular weight is 212 g/mol. The Morgan fingerprint density at radius 1 is 1.33 bits per heavy atom. The lowest BCUT2D eigenvalue weighted by atomic mass is 9.92. The maximum absolute atomic E-state index is 12.1. The van der Waals surface area contributed by atoms with Crippen LogP contribution in [-0.2, 0) is 4.79 Å². The monoisotopic (exact) mass is 212 g/mol. The molecule has 1 amide bonds. The van der Waals surface area contributed by atoms with Gasteiger partial charge >= 0.3 is 0 Å². The largest absolute Gasteiger partial charge is 0.341 e. The summed E-state index contributed by atoms with van der Waals surface area (Å²) in [7, 11) is 0. The van der Waals surface area contributed by atoms with E-state index in [4.69, 9.17) is 5.73 Å². The number of nitrogens with zero attached hydrogens (tertiary/aromatic N) is 1. The Morgan fingerprint density at radius 3 is 2.40 bits per heavy atom. The van der Waals surface area contributed by atoms with E-state index in [9.17, 15) is 4.79 Å². The van der Waals surface area contributed by atoms with Crippen molar-refractivity contribution in [3.8, 4) is 0 Å². The van der Waals surface area contributed by atoms with Gasteiger partial charge in [0.05, 0.1) is 0 Å². The van der Waals surface area contributed by atoms with Crippen LogP contribution >= 0.6 is 0 Å². The SMILES string of the molecule is CC1CC(N)CN(C(=O)C(C)C(C)C)C1. The van der Waals surface area contributed by atoms with E-state index in [0.717, 1.165) is 19.5 Å². The molecule has 15 heavy (non-hydrogen) atoms. The predicted octanol–water partition coefficient (Wildman–Crippen LogP) is 1.47. The van der Waals surface area contributed by atoms with Crippen LogP contribution in [0, 0.1) is 17.8 Å². The number of carbonyl (C=O) groups is 1. The summed E-state index contributed by atoms with van der Waals surface area (Å²) in [5.41, 5.74) is 5.94. The second-order valence-electron chi connectivity index (χ2n) is 5.38. The van der Waals surface area contributed by atoms with Crippen LogP contribution in [0.4, 0.5) is 0 Å². The highest BCUT2D eigenvalue weighted by Gasteiger charge is 2.29. The van der Waals surface area contributed by atoms with Crippen LogP contribution in [0.1, 0.15) is 34.1 Å². The predicted molar refractivity (Wildman–Crippen MR) is 62.3 cm³/mol. The molecule has 1 aliphatic heterocycles. The van der Waals surface area contributed by atoms with Crippen LogP contribution in [0.3, 0.4) is 0 Å². The molecule has 1 rings (SSSR count). The molecule has 3 unspecified atom stereocenters. The first kappa shape index (κ1) is 12.5. The molecule has 1 fully saturated rings. The highest BCUT2D eigenvalue weighted by Crippen LogP contribution is 2.20. The lowest BCUT2D eigenvalue weighted by molar-refractivity contribution is -0.138. The summed E-state index contributed by atoms with van der Waals surface area (Å²) in [6.07, 6.45) is 1.04. The van der Waals surface area contributed by atoms with Crippen molar-refractivity contribution in [2.45, 2.75) is 40.2 Å². The molecular formula is C12H24N2O. The fourth-order valence-electron chi connectivity index (χ4n) is 2.15. The number of piperidine rings is 1. The zero-order valence-electron chi connectivity index (χ0n) is 10.4. The Bertz CT molecular complexity index is 218. The normalized spacial score (nSPS) is 29.3. The molecule has 88 valence electrons. The molecule has 1 heterocycles. The van der Waals surface area contributed by atoms with E-state index in [1.54, 1.807) is 0 Å². The summed E-state index contributed by atoms with van der Waals surface area (Å²) in [6.45, 7) is 9.98. The number of hydrogen-bond acceptors (Lipinski definition) is 2. The van der Waals surface area contributed by atoms with Crippen LogP contribution in [0.25, 0.3) is 0 Å². The number of likely N-dealkylation sites (tertiary alicyclic amines) is 1. The Hall–Kier alpha value is -0.570. The quantitative estimate of drug-likeness (QED) is 0.753. The highest BCUT2D eigenvalue weighted by atomic mass is 16.2. The van der Waals surface area contributed by atoms with Crippen molar-refractivity contribution < 1.29 is 4.79 Å². The fourth-order valence-corrected chi connectivity index (χ4v) is 2.15. The highest BCUT2D eigenvalue weighted by molar-refractivity contribution is 5.78. The first-order valence-corrected chi connectivity index (χ1v) is 5.96. The number of carbonyl (C=O) groups excluding carboxylic acids is 1. The van der Waals surface area contributed by atoms with Crippen LogP contribution < -0.4 is 5.73 Å². The maximum atomic E-state index is 12.1. The smallest absolute Gasteiger partial charge is 0.225 e. The van der Waals surface area contributed by atoms with E-state index in [1.165, 1.54) is 0 Å². The molecular weight excluding hydrogens is 188 g/mol. The lowest BCUT2D eigenvalue weighted by Gasteiger charge is -2.36. The molecule has 0 aromatic carbocycles. The molecule has 0 bridgehead atoms. The minimum absolute atomic E-state index is 0.113. The molecule has 0 aromatic heterocycles. The Balaban J connectivity index is 2.59. The maximum Gasteiger partial charge on any atom is 0.225 e. The van der Waals surface area contributed by atoms with Gasteiger partial charge < -0.3 is 10.6 Å². The molecule has 3 nitrogen and oxygen atoms in total. The third-order valence-corrected chi connectivity index (χ3v) is 3.39. The summed E-state index contributed by atoms with van der Waals surface area (Å²) in [4.78, 5) is 14.0. The average Bonchev–Trinajstić information content (AvgIpc) is 2.13. The summed E-state index contributed by atoms with van der Waals surface area (Å²) in [6, 6.07) is 0.164. The van der Waals surface area contributed by atoms with Crippen molar-refractivity contribution in [2.24, 2.45) is 23.5 Å². The summed E-state index contributed by atoms with van der Waals surface area (Å²) in [5, 5.41) is 0. The van der Waals surface area contributed by atoms with Gasteiger partial charge in [0.15, 0.2) is 0 Å². The zero-order chi connectivity index (χ0) is 11.6. The van der Waals surface area contributed by atoms with Crippen molar-refractivity contribution in [3.05, 3.63) is 0 Å². The van der Waals surface area contributed by atoms with E-state index in [-0.39, 0.29) is 17.9 Å². The topological polar surface area (TPSA) is 46.3 Å². The molecule has 3 heteroatoms. The Morgan fingerprint density at radius 2 is 1.93 bits per heavy atom. The minimum atomic E-state index is 0.113. The van der Waals surface area contributed by atoms with Gasteiger partial charge in [0.2, 0.25) is 5.91 Å². The Kier molecular flexibility index (Phi) is 4.14. The first-order valence-electron chi connectivity index (χ1n) is 5.96. The molecule has 0 aliphatic carbocycles. The summed E-state index contributed by atoms with van der Waals surface area (Å²) >= 11 is 0. The zero-order valence-corrected chi connectivity index (χ0v) is 10.4. The van der Waals surface area contributed by atoms with Crippen molar-refractivity contribution in [1.82, 2.24) is 4.90 Å². The van der Waals surface area contributed by atoms with Gasteiger partial charge in [0.1, 0.15) is 0 Å². The van der Waals surface area contributed by atoms with Gasteiger partial charge in [0, 0.05) is 25.0 Å². The third-order valence-electron chi connectivity index (χ3n) is 3.39. The number of hydrogen-bond donors (Lipinski definition) is 1. The van der Waals surface area contributed by atoms with Crippen molar-refractivity contribution in [1.29, 1.82) is 0 Å². The van der Waals surface area contributed by atoms with E-state index < -0.39 is 0 Å². The van der Waals surface area contributed by atoms with Crippen LogP contribution in [0.15, 0.2) is 0 Å². The van der Waals surface area contributed by atoms with E-state index in [1.807, 2.05) is 11.8 Å². The minimum Gasteiger partial charge on any atom is -0.341 e. The van der Waals surface area contributed by atoms with Crippen LogP contribution in [0.5, 0.6) is 0 Å². The van der Waals surface area contributed by atoms with Crippen molar-refractivity contribution in [2.75, 3.05) is 13.1 Å². The number of amides is 1.